The van der Waals surface area contributed by atoms with Crippen LogP contribution in [0, 0.1) is 5.82 Å². The van der Waals surface area contributed by atoms with Crippen molar-refractivity contribution in [1.82, 2.24) is 5.32 Å². The van der Waals surface area contributed by atoms with Gasteiger partial charge in [-0.3, -0.25) is 9.59 Å². The van der Waals surface area contributed by atoms with Crippen LogP contribution in [0.2, 0.25) is 5.02 Å². The molecule has 2 aliphatic heterocycles. The van der Waals surface area contributed by atoms with Crippen LogP contribution in [0.3, 0.4) is 0 Å². The molecule has 168 valence electrons. The van der Waals surface area contributed by atoms with Crippen molar-refractivity contribution >= 4 is 40.9 Å². The van der Waals surface area contributed by atoms with E-state index in [0.717, 1.165) is 17.3 Å². The highest BCUT2D eigenvalue weighted by molar-refractivity contribution is 6.30. The Bertz CT molecular complexity index is 1090. The summed E-state index contributed by atoms with van der Waals surface area (Å²) in [6.45, 7) is 0.0526. The lowest BCUT2D eigenvalue weighted by Gasteiger charge is -2.28. The zero-order valence-electron chi connectivity index (χ0n) is 17.2. The van der Waals surface area contributed by atoms with Crippen LogP contribution in [0.15, 0.2) is 36.4 Å². The average Bonchev–Trinajstić information content (AvgIpc) is 3.02. The largest absolute Gasteiger partial charge is 0.410 e. The highest BCUT2D eigenvalue weighted by Gasteiger charge is 2.49. The number of amides is 3. The smallest absolute Gasteiger partial charge is 0.407 e. The minimum Gasteiger partial charge on any atom is -0.407 e. The second-order valence-corrected chi connectivity index (χ2v) is 8.21. The summed E-state index contributed by atoms with van der Waals surface area (Å²) in [7, 11) is 1.70. The van der Waals surface area contributed by atoms with E-state index < -0.39 is 23.6 Å². The summed E-state index contributed by atoms with van der Waals surface area (Å²) in [5.41, 5.74) is 2.64. The molecule has 3 amide bonds. The summed E-state index contributed by atoms with van der Waals surface area (Å²) in [5.74, 6) is -3.60. The Morgan fingerprint density at radius 3 is 2.78 bits per heavy atom. The summed E-state index contributed by atoms with van der Waals surface area (Å²) in [4.78, 5) is 39.8. The number of anilines is 2. The summed E-state index contributed by atoms with van der Waals surface area (Å²) >= 11 is 5.78. The third kappa shape index (κ3) is 4.26. The van der Waals surface area contributed by atoms with Gasteiger partial charge in [-0.25, -0.2) is 9.18 Å². The Labute approximate surface area is 188 Å². The molecular weight excluding hydrogens is 441 g/mol. The maximum atomic E-state index is 13.4. The number of nitrogens with one attached hydrogen (secondary N) is 1. The lowest BCUT2D eigenvalue weighted by atomic mass is 10.0. The first-order valence-electron chi connectivity index (χ1n) is 10.0. The van der Waals surface area contributed by atoms with E-state index in [9.17, 15) is 23.9 Å². The lowest BCUT2D eigenvalue weighted by molar-refractivity contribution is -0.175. The zero-order chi connectivity index (χ0) is 23.0. The van der Waals surface area contributed by atoms with Crippen molar-refractivity contribution < 1.29 is 28.6 Å². The number of alkyl carbamates (subject to hydrolysis) is 1. The number of ether oxygens (including phenoxy) is 1. The van der Waals surface area contributed by atoms with E-state index in [1.807, 2.05) is 0 Å². The van der Waals surface area contributed by atoms with Gasteiger partial charge in [-0.15, -0.1) is 0 Å². The van der Waals surface area contributed by atoms with Gasteiger partial charge in [0.2, 0.25) is 5.91 Å². The Kier molecular flexibility index (Phi) is 5.79. The first-order chi connectivity index (χ1) is 15.2. The van der Waals surface area contributed by atoms with E-state index >= 15 is 0 Å². The zero-order valence-corrected chi connectivity index (χ0v) is 18.0. The topological polar surface area (TPSA) is 99.2 Å². The van der Waals surface area contributed by atoms with Crippen LogP contribution in [0.25, 0.3) is 0 Å². The molecule has 1 atom stereocenters. The van der Waals surface area contributed by atoms with Crippen molar-refractivity contribution in [2.75, 3.05) is 23.4 Å². The number of carbonyl (C=O) groups is 3. The summed E-state index contributed by atoms with van der Waals surface area (Å²) in [5, 5.41) is 13.2. The van der Waals surface area contributed by atoms with Gasteiger partial charge in [-0.2, -0.15) is 0 Å². The van der Waals surface area contributed by atoms with Crippen molar-refractivity contribution in [2.45, 2.75) is 31.6 Å². The molecule has 0 aliphatic carbocycles. The van der Waals surface area contributed by atoms with Gasteiger partial charge in [0.15, 0.2) is 0 Å². The number of nitrogens with zero attached hydrogens (tertiary/aromatic N) is 2. The average molecular weight is 462 g/mol. The van der Waals surface area contributed by atoms with Gasteiger partial charge in [0.25, 0.3) is 11.7 Å². The maximum Gasteiger partial charge on any atom is 0.410 e. The minimum atomic E-state index is -2.31. The van der Waals surface area contributed by atoms with Crippen LogP contribution in [0.1, 0.15) is 24.0 Å². The number of hydrogen-bond acceptors (Lipinski definition) is 5. The third-order valence-corrected chi connectivity index (χ3v) is 5.81. The van der Waals surface area contributed by atoms with E-state index in [0.29, 0.717) is 24.1 Å². The predicted octanol–water partition coefficient (Wildman–Crippen LogP) is 2.74. The first-order valence-corrected chi connectivity index (χ1v) is 10.4. The fraction of sp³-hybridized carbons (Fsp3) is 0.318. The molecule has 2 N–H and O–H groups in total. The van der Waals surface area contributed by atoms with Crippen molar-refractivity contribution in [3.8, 4) is 0 Å². The Morgan fingerprint density at radius 2 is 2.03 bits per heavy atom. The Hall–Kier alpha value is -3.17. The van der Waals surface area contributed by atoms with Crippen molar-refractivity contribution in [1.29, 1.82) is 0 Å². The molecule has 0 radical (unpaired) electrons. The molecule has 0 saturated carbocycles. The monoisotopic (exact) mass is 461 g/mol. The van der Waals surface area contributed by atoms with Gasteiger partial charge in [-0.1, -0.05) is 11.6 Å². The third-order valence-electron chi connectivity index (χ3n) is 5.59. The SMILES string of the molecule is CN1C(=O)CCc2cc(N3CC[C@@](O)(OC(=O)NCc4cc(F)cc(Cl)c4)C3=O)ccc21. The van der Waals surface area contributed by atoms with Crippen molar-refractivity contribution in [3.63, 3.8) is 0 Å². The van der Waals surface area contributed by atoms with Gasteiger partial charge < -0.3 is 25.0 Å². The fourth-order valence-corrected chi connectivity index (χ4v) is 4.16. The predicted molar refractivity (Wildman–Crippen MR) is 115 cm³/mol. The van der Waals surface area contributed by atoms with E-state index in [1.54, 1.807) is 30.1 Å². The van der Waals surface area contributed by atoms with Crippen LogP contribution in [-0.2, 0) is 27.3 Å². The quantitative estimate of drug-likeness (QED) is 0.682. The minimum absolute atomic E-state index is 0.0248. The van der Waals surface area contributed by atoms with Crippen molar-refractivity contribution in [3.05, 3.63) is 58.4 Å². The van der Waals surface area contributed by atoms with E-state index in [-0.39, 0.29) is 30.4 Å². The van der Waals surface area contributed by atoms with E-state index in [1.165, 1.54) is 17.0 Å². The molecule has 8 nitrogen and oxygen atoms in total. The highest BCUT2D eigenvalue weighted by atomic mass is 35.5. The highest BCUT2D eigenvalue weighted by Crippen LogP contribution is 2.34. The number of hydrogen-bond donors (Lipinski definition) is 2. The number of rotatable bonds is 4. The molecule has 0 unspecified atom stereocenters. The van der Waals surface area contributed by atoms with Crippen molar-refractivity contribution in [2.24, 2.45) is 0 Å². The van der Waals surface area contributed by atoms with Crippen LogP contribution in [0.4, 0.5) is 20.6 Å². The molecule has 2 aromatic rings. The van der Waals surface area contributed by atoms with Crippen LogP contribution < -0.4 is 15.1 Å². The standard InChI is InChI=1S/C22H21ClFN3O5/c1-26-18-4-3-17(10-14(18)2-5-19(26)28)27-7-6-22(31,20(27)29)32-21(30)25-12-13-8-15(23)11-16(24)9-13/h3-4,8-11,31H,2,5-7,12H2,1H3,(H,25,30)/t22-/m1/s1. The van der Waals surface area contributed by atoms with Crippen LogP contribution in [-0.4, -0.2) is 42.4 Å². The van der Waals surface area contributed by atoms with Gasteiger partial charge in [0.05, 0.1) is 0 Å². The molecule has 1 saturated heterocycles. The molecular formula is C22H21ClFN3O5. The molecule has 0 bridgehead atoms. The molecule has 2 heterocycles. The molecule has 10 heteroatoms. The van der Waals surface area contributed by atoms with Gasteiger partial charge in [0.1, 0.15) is 5.82 Å². The second-order valence-electron chi connectivity index (χ2n) is 7.78. The number of aryl methyl sites for hydroxylation is 1. The Balaban J connectivity index is 1.42. The van der Waals surface area contributed by atoms with Crippen LogP contribution in [0.5, 0.6) is 0 Å². The molecule has 32 heavy (non-hydrogen) atoms. The molecule has 1 fully saturated rings. The second kappa shape index (κ2) is 8.40. The normalized spacial score (nSPS) is 20.4. The molecule has 4 rings (SSSR count). The van der Waals surface area contributed by atoms with Gasteiger partial charge in [-0.05, 0) is 53.9 Å². The van der Waals surface area contributed by atoms with Crippen LogP contribution >= 0.6 is 11.6 Å². The summed E-state index contributed by atoms with van der Waals surface area (Å²) in [6, 6.07) is 9.05. The van der Waals surface area contributed by atoms with E-state index in [4.69, 9.17) is 16.3 Å². The van der Waals surface area contributed by atoms with Gasteiger partial charge in [0, 0.05) is 49.4 Å². The Morgan fingerprint density at radius 1 is 1.25 bits per heavy atom. The van der Waals surface area contributed by atoms with Gasteiger partial charge >= 0.3 is 6.09 Å². The number of fused-ring (bicyclic) bond motifs is 1. The molecule has 2 aromatic carbocycles. The lowest BCUT2D eigenvalue weighted by Crippen LogP contribution is -2.46. The number of aliphatic hydroxyl groups is 1. The molecule has 2 aliphatic rings. The maximum absolute atomic E-state index is 13.4. The number of carbonyl (C=O) groups excluding carboxylic acids is 3. The molecule has 0 aromatic heterocycles. The first kappa shape index (κ1) is 22.0. The molecule has 0 spiro atoms. The fourth-order valence-electron chi connectivity index (χ4n) is 3.91. The summed E-state index contributed by atoms with van der Waals surface area (Å²) in [6.07, 6.45) is -0.194. The number of benzene rings is 2. The van der Waals surface area contributed by atoms with E-state index in [2.05, 4.69) is 5.32 Å². The number of halogens is 2. The summed E-state index contributed by atoms with van der Waals surface area (Å²) < 4.78 is 18.4.